The van der Waals surface area contributed by atoms with Gasteiger partial charge < -0.3 is 9.52 Å². The summed E-state index contributed by atoms with van der Waals surface area (Å²) in [6.45, 7) is 3.63. The summed E-state index contributed by atoms with van der Waals surface area (Å²) < 4.78 is 5.20. The standard InChI is InChI=1S/C13H14N2O3/c1-8-3-5-10(6-4-8)7-11(13(16)17)12-15-14-9(2)18-12/h3-6,11H,7H2,1-2H3,(H,16,17). The molecule has 1 aromatic carbocycles. The van der Waals surface area contributed by atoms with Crippen molar-refractivity contribution in [2.45, 2.75) is 26.2 Å². The maximum absolute atomic E-state index is 11.3. The van der Waals surface area contributed by atoms with Crippen molar-refractivity contribution in [2.24, 2.45) is 0 Å². The lowest BCUT2D eigenvalue weighted by Crippen LogP contribution is -2.15. The van der Waals surface area contributed by atoms with Gasteiger partial charge in [-0.25, -0.2) is 0 Å². The van der Waals surface area contributed by atoms with Crippen LogP contribution in [-0.2, 0) is 11.2 Å². The molecule has 0 amide bonds. The molecule has 1 atom stereocenters. The number of benzene rings is 1. The van der Waals surface area contributed by atoms with E-state index in [4.69, 9.17) is 4.42 Å². The first-order chi connectivity index (χ1) is 8.56. The Balaban J connectivity index is 2.22. The van der Waals surface area contributed by atoms with Gasteiger partial charge in [0, 0.05) is 6.92 Å². The molecule has 1 N–H and O–H groups in total. The van der Waals surface area contributed by atoms with E-state index in [2.05, 4.69) is 10.2 Å². The Kier molecular flexibility index (Phi) is 3.41. The minimum Gasteiger partial charge on any atom is -0.481 e. The highest BCUT2D eigenvalue weighted by molar-refractivity contribution is 5.75. The molecule has 0 aliphatic heterocycles. The molecule has 1 aromatic heterocycles. The first kappa shape index (κ1) is 12.3. The van der Waals surface area contributed by atoms with Crippen LogP contribution in [0.5, 0.6) is 0 Å². The van der Waals surface area contributed by atoms with Crippen LogP contribution in [0.2, 0.25) is 0 Å². The number of nitrogens with zero attached hydrogens (tertiary/aromatic N) is 2. The number of aliphatic carboxylic acids is 1. The number of carboxylic acids is 1. The van der Waals surface area contributed by atoms with Crippen LogP contribution in [-0.4, -0.2) is 21.3 Å². The van der Waals surface area contributed by atoms with Gasteiger partial charge >= 0.3 is 5.97 Å². The molecule has 2 aromatic rings. The summed E-state index contributed by atoms with van der Waals surface area (Å²) in [6.07, 6.45) is 0.344. The molecule has 0 bridgehead atoms. The monoisotopic (exact) mass is 246 g/mol. The summed E-state index contributed by atoms with van der Waals surface area (Å²) in [6, 6.07) is 7.73. The average Bonchev–Trinajstić information content (AvgIpc) is 2.74. The van der Waals surface area contributed by atoms with Gasteiger partial charge in [-0.1, -0.05) is 29.8 Å². The van der Waals surface area contributed by atoms with E-state index >= 15 is 0 Å². The largest absolute Gasteiger partial charge is 0.481 e. The Morgan fingerprint density at radius 2 is 1.94 bits per heavy atom. The van der Waals surface area contributed by atoms with E-state index in [0.717, 1.165) is 11.1 Å². The minimum absolute atomic E-state index is 0.153. The van der Waals surface area contributed by atoms with Crippen LogP contribution >= 0.6 is 0 Å². The molecule has 1 heterocycles. The van der Waals surface area contributed by atoms with Crippen LogP contribution in [0.25, 0.3) is 0 Å². The van der Waals surface area contributed by atoms with Gasteiger partial charge in [0.05, 0.1) is 0 Å². The number of hydrogen-bond acceptors (Lipinski definition) is 4. The summed E-state index contributed by atoms with van der Waals surface area (Å²) >= 11 is 0. The maximum Gasteiger partial charge on any atom is 0.316 e. The van der Waals surface area contributed by atoms with Crippen molar-refractivity contribution in [3.05, 3.63) is 47.2 Å². The highest BCUT2D eigenvalue weighted by Gasteiger charge is 2.25. The van der Waals surface area contributed by atoms with E-state index in [1.807, 2.05) is 31.2 Å². The molecule has 0 saturated carbocycles. The third-order valence-electron chi connectivity index (χ3n) is 2.70. The van der Waals surface area contributed by atoms with Crippen LogP contribution in [0.3, 0.4) is 0 Å². The third kappa shape index (κ3) is 2.74. The molecule has 5 heteroatoms. The van der Waals surface area contributed by atoms with Gasteiger partial charge in [0.2, 0.25) is 11.8 Å². The highest BCUT2D eigenvalue weighted by atomic mass is 16.4. The molecule has 18 heavy (non-hydrogen) atoms. The van der Waals surface area contributed by atoms with Gasteiger partial charge in [-0.2, -0.15) is 0 Å². The predicted molar refractivity (Wildman–Crippen MR) is 64.3 cm³/mol. The van der Waals surface area contributed by atoms with Gasteiger partial charge in [-0.3, -0.25) is 4.79 Å². The lowest BCUT2D eigenvalue weighted by atomic mass is 9.99. The Labute approximate surface area is 104 Å². The average molecular weight is 246 g/mol. The first-order valence-corrected chi connectivity index (χ1v) is 5.64. The second-order valence-corrected chi connectivity index (χ2v) is 4.24. The molecule has 1 unspecified atom stereocenters. The van der Waals surface area contributed by atoms with E-state index in [-0.39, 0.29) is 5.89 Å². The lowest BCUT2D eigenvalue weighted by Gasteiger charge is -2.08. The molecule has 2 rings (SSSR count). The molecule has 0 fully saturated rings. The van der Waals surface area contributed by atoms with E-state index < -0.39 is 11.9 Å². The lowest BCUT2D eigenvalue weighted by molar-refractivity contribution is -0.139. The highest BCUT2D eigenvalue weighted by Crippen LogP contribution is 2.20. The van der Waals surface area contributed by atoms with Crippen LogP contribution in [0, 0.1) is 13.8 Å². The number of aromatic nitrogens is 2. The Morgan fingerprint density at radius 1 is 1.28 bits per heavy atom. The summed E-state index contributed by atoms with van der Waals surface area (Å²) in [5, 5.41) is 16.7. The molecule has 94 valence electrons. The fourth-order valence-electron chi connectivity index (χ4n) is 1.69. The quantitative estimate of drug-likeness (QED) is 0.893. The molecular weight excluding hydrogens is 232 g/mol. The Bertz CT molecular complexity index is 546. The molecular formula is C13H14N2O3. The number of carbonyl (C=O) groups is 1. The fourth-order valence-corrected chi connectivity index (χ4v) is 1.69. The number of hydrogen-bond donors (Lipinski definition) is 1. The minimum atomic E-state index is -0.959. The van der Waals surface area contributed by atoms with Crippen molar-refractivity contribution in [1.29, 1.82) is 0 Å². The third-order valence-corrected chi connectivity index (χ3v) is 2.70. The molecule has 0 saturated heterocycles. The second-order valence-electron chi connectivity index (χ2n) is 4.24. The van der Waals surface area contributed by atoms with Gasteiger partial charge in [0.1, 0.15) is 5.92 Å². The summed E-state index contributed by atoms with van der Waals surface area (Å²) in [5.74, 6) is -1.23. The molecule has 0 aliphatic carbocycles. The van der Waals surface area contributed by atoms with Crippen molar-refractivity contribution in [1.82, 2.24) is 10.2 Å². The van der Waals surface area contributed by atoms with Gasteiger partial charge in [-0.15, -0.1) is 10.2 Å². The normalized spacial score (nSPS) is 12.3. The second kappa shape index (κ2) is 5.00. The SMILES string of the molecule is Cc1ccc(CC(C(=O)O)c2nnc(C)o2)cc1. The summed E-state index contributed by atoms with van der Waals surface area (Å²) in [7, 11) is 0. The van der Waals surface area contributed by atoms with Crippen LogP contribution in [0.1, 0.15) is 28.8 Å². The zero-order valence-corrected chi connectivity index (χ0v) is 10.3. The molecule has 0 radical (unpaired) electrons. The van der Waals surface area contributed by atoms with Crippen molar-refractivity contribution < 1.29 is 14.3 Å². The number of rotatable bonds is 4. The van der Waals surface area contributed by atoms with Crippen LogP contribution in [0.4, 0.5) is 0 Å². The summed E-state index contributed by atoms with van der Waals surface area (Å²) in [5.41, 5.74) is 2.07. The van der Waals surface area contributed by atoms with Crippen molar-refractivity contribution in [3.63, 3.8) is 0 Å². The number of carboxylic acid groups (broad SMARTS) is 1. The van der Waals surface area contributed by atoms with Crippen LogP contribution in [0.15, 0.2) is 28.7 Å². The predicted octanol–water partition coefficient (Wildman–Crippen LogP) is 2.10. The van der Waals surface area contributed by atoms with Crippen molar-refractivity contribution in [2.75, 3.05) is 0 Å². The smallest absolute Gasteiger partial charge is 0.316 e. The molecule has 0 spiro atoms. The zero-order chi connectivity index (χ0) is 13.1. The number of aryl methyl sites for hydroxylation is 2. The molecule has 5 nitrogen and oxygen atoms in total. The zero-order valence-electron chi connectivity index (χ0n) is 10.3. The van der Waals surface area contributed by atoms with Crippen LogP contribution < -0.4 is 0 Å². The Hall–Kier alpha value is -2.17. The van der Waals surface area contributed by atoms with Gasteiger partial charge in [0.25, 0.3) is 0 Å². The van der Waals surface area contributed by atoms with Crippen molar-refractivity contribution >= 4 is 5.97 Å². The van der Waals surface area contributed by atoms with Crippen molar-refractivity contribution in [3.8, 4) is 0 Å². The fraction of sp³-hybridized carbons (Fsp3) is 0.308. The first-order valence-electron chi connectivity index (χ1n) is 5.64. The maximum atomic E-state index is 11.3. The summed E-state index contributed by atoms with van der Waals surface area (Å²) in [4.78, 5) is 11.3. The van der Waals surface area contributed by atoms with E-state index in [1.165, 1.54) is 0 Å². The van der Waals surface area contributed by atoms with E-state index in [1.54, 1.807) is 6.92 Å². The molecule has 0 aliphatic rings. The van der Waals surface area contributed by atoms with E-state index in [9.17, 15) is 9.90 Å². The Morgan fingerprint density at radius 3 is 2.44 bits per heavy atom. The topological polar surface area (TPSA) is 76.2 Å². The van der Waals surface area contributed by atoms with Gasteiger partial charge in [0.15, 0.2) is 0 Å². The van der Waals surface area contributed by atoms with E-state index in [0.29, 0.717) is 12.3 Å². The van der Waals surface area contributed by atoms with Gasteiger partial charge in [-0.05, 0) is 18.9 Å².